The Morgan fingerprint density at radius 2 is 1.51 bits per heavy atom. The van der Waals surface area contributed by atoms with E-state index >= 15 is 0 Å². The molecule has 2 nitrogen and oxygen atoms in total. The number of para-hydroxylation sites is 2. The van der Waals surface area contributed by atoms with Gasteiger partial charge in [-0.05, 0) is 86.2 Å². The topological polar surface area (TPSA) is 7.68 Å². The molecule has 1 aliphatic carbocycles. The van der Waals surface area contributed by atoms with Gasteiger partial charge in [-0.15, -0.1) is 0 Å². The van der Waals surface area contributed by atoms with Crippen molar-refractivity contribution in [2.45, 2.75) is 68.7 Å². The van der Waals surface area contributed by atoms with Crippen molar-refractivity contribution in [1.29, 1.82) is 0 Å². The monoisotopic (exact) mass is 559 g/mol. The summed E-state index contributed by atoms with van der Waals surface area (Å²) >= 11 is 1.93. The summed E-state index contributed by atoms with van der Waals surface area (Å²) in [6.45, 7) is 9.51. The second-order valence-corrected chi connectivity index (χ2v) is 13.9. The highest BCUT2D eigenvalue weighted by Gasteiger charge is 2.46. The number of likely N-dealkylation sites (N-methyl/N-ethyl adjacent to an activating group) is 2. The van der Waals surface area contributed by atoms with Crippen molar-refractivity contribution in [3.05, 3.63) is 136 Å². The summed E-state index contributed by atoms with van der Waals surface area (Å²) in [7, 11) is 4.54. The highest BCUT2D eigenvalue weighted by molar-refractivity contribution is 8.03. The molecule has 0 amide bonds. The summed E-state index contributed by atoms with van der Waals surface area (Å²) in [6, 6.07) is 29.1. The Morgan fingerprint density at radius 3 is 2.24 bits per heavy atom. The van der Waals surface area contributed by atoms with Crippen molar-refractivity contribution in [1.82, 2.24) is 0 Å². The van der Waals surface area contributed by atoms with Crippen LogP contribution in [0, 0.1) is 0 Å². The first-order valence-corrected chi connectivity index (χ1v) is 15.8. The molecule has 0 radical (unpaired) electrons. The first-order chi connectivity index (χ1) is 19.7. The maximum atomic E-state index is 2.50. The van der Waals surface area contributed by atoms with E-state index < -0.39 is 0 Å². The number of nitrogens with one attached hydrogen (secondary N) is 1. The number of nitrogens with zero attached hydrogens (tertiary/aromatic N) is 1. The highest BCUT2D eigenvalue weighted by Crippen LogP contribution is 2.47. The Morgan fingerprint density at radius 1 is 0.829 bits per heavy atom. The van der Waals surface area contributed by atoms with Gasteiger partial charge in [-0.2, -0.15) is 0 Å². The van der Waals surface area contributed by atoms with Crippen LogP contribution in [0.1, 0.15) is 58.1 Å². The molecule has 0 saturated heterocycles. The largest absolute Gasteiger partial charge is 0.347 e. The molecule has 41 heavy (non-hydrogen) atoms. The smallest absolute Gasteiger partial charge is 0.135 e. The molecule has 1 N–H and O–H groups in total. The van der Waals surface area contributed by atoms with Crippen molar-refractivity contribution >= 4 is 23.1 Å². The lowest BCUT2D eigenvalue weighted by Gasteiger charge is -2.26. The van der Waals surface area contributed by atoms with E-state index in [2.05, 4.69) is 150 Å². The average molecular weight is 560 g/mol. The van der Waals surface area contributed by atoms with Gasteiger partial charge in [-0.25, -0.2) is 0 Å². The zero-order valence-electron chi connectivity index (χ0n) is 25.4. The molecule has 0 bridgehead atoms. The van der Waals surface area contributed by atoms with Crippen LogP contribution in [-0.2, 0) is 10.8 Å². The van der Waals surface area contributed by atoms with Gasteiger partial charge in [-0.3, -0.25) is 4.90 Å². The van der Waals surface area contributed by atoms with E-state index in [-0.39, 0.29) is 10.8 Å². The van der Waals surface area contributed by atoms with Crippen molar-refractivity contribution in [3.8, 4) is 0 Å². The fourth-order valence-electron chi connectivity index (χ4n) is 7.30. The number of benzene rings is 3. The third kappa shape index (κ3) is 4.94. The van der Waals surface area contributed by atoms with Gasteiger partial charge in [-0.1, -0.05) is 92.4 Å². The Bertz CT molecular complexity index is 1570. The predicted octanol–water partition coefficient (Wildman–Crippen LogP) is 8.52. The van der Waals surface area contributed by atoms with Gasteiger partial charge in [0.25, 0.3) is 0 Å². The first-order valence-electron chi connectivity index (χ1n) is 15.0. The quantitative estimate of drug-likeness (QED) is 0.335. The van der Waals surface area contributed by atoms with Gasteiger partial charge in [0.1, 0.15) is 11.7 Å². The molecule has 0 fully saturated rings. The molecule has 0 aromatic heterocycles. The molecule has 2 atom stereocenters. The number of quaternary nitrogens is 1. The Hall–Kier alpha value is -3.27. The second kappa shape index (κ2) is 10.9. The van der Waals surface area contributed by atoms with E-state index in [0.29, 0.717) is 6.04 Å². The molecule has 0 spiro atoms. The van der Waals surface area contributed by atoms with Gasteiger partial charge in [0.2, 0.25) is 0 Å². The summed E-state index contributed by atoms with van der Waals surface area (Å²) < 4.78 is 0. The van der Waals surface area contributed by atoms with Gasteiger partial charge in [0, 0.05) is 39.2 Å². The number of anilines is 1. The summed E-state index contributed by atoms with van der Waals surface area (Å²) in [5, 5.41) is 0. The number of hydrogen-bond donors (Lipinski definition) is 1. The van der Waals surface area contributed by atoms with E-state index in [1.807, 2.05) is 11.8 Å². The Kier molecular flexibility index (Phi) is 7.38. The van der Waals surface area contributed by atoms with Crippen LogP contribution in [0.4, 0.5) is 11.4 Å². The molecule has 2 unspecified atom stereocenters. The summed E-state index contributed by atoms with van der Waals surface area (Å²) in [5.74, 6) is 0. The second-order valence-electron chi connectivity index (χ2n) is 12.9. The summed E-state index contributed by atoms with van der Waals surface area (Å²) in [4.78, 5) is 6.60. The van der Waals surface area contributed by atoms with Gasteiger partial charge >= 0.3 is 0 Å². The molecule has 3 aromatic carbocycles. The third-order valence-electron chi connectivity index (χ3n) is 9.60. The summed E-state index contributed by atoms with van der Waals surface area (Å²) in [6.07, 6.45) is 13.2. The predicted molar refractivity (Wildman–Crippen MR) is 176 cm³/mol. The van der Waals surface area contributed by atoms with Crippen LogP contribution < -0.4 is 9.80 Å². The number of thioether (sulfide) groups is 1. The molecule has 2 aliphatic heterocycles. The lowest BCUT2D eigenvalue weighted by atomic mass is 9.80. The number of fused-ring (bicyclic) bond motifs is 2. The first kappa shape index (κ1) is 27.9. The van der Waals surface area contributed by atoms with Crippen LogP contribution >= 0.6 is 11.8 Å². The van der Waals surface area contributed by atoms with E-state index in [1.54, 1.807) is 0 Å². The molecular weight excluding hydrogens is 516 g/mol. The van der Waals surface area contributed by atoms with Gasteiger partial charge in [0.15, 0.2) is 0 Å². The molecule has 3 aromatic rings. The van der Waals surface area contributed by atoms with Crippen LogP contribution in [0.2, 0.25) is 0 Å². The SMILES string of the molecule is CN1/C(=C/C=C2\CCCC(/C=C/C3[NH+](C)c4ccccc4C3(C)C)=C2Sc2ccccc2)C(C)(C)c2ccccc21. The van der Waals surface area contributed by atoms with Gasteiger partial charge in [0.05, 0.1) is 12.5 Å². The number of hydrogen-bond acceptors (Lipinski definition) is 2. The van der Waals surface area contributed by atoms with Crippen LogP contribution in [0.5, 0.6) is 0 Å². The molecule has 2 heterocycles. The standard InChI is InChI=1S/C38H42N2S/c1-37(2)30-19-10-12-21-32(30)39(5)34(37)25-23-27-15-14-16-28(36(27)41-29-17-8-7-9-18-29)24-26-35-38(3,4)31-20-11-13-22-33(31)40(35)6/h7-13,17-26,34H,14-16H2,1-6H3/p+1/b25-23+,28-24+,35-26+. The van der Waals surface area contributed by atoms with Crippen LogP contribution in [0.3, 0.4) is 0 Å². The maximum absolute atomic E-state index is 2.50. The molecule has 0 saturated carbocycles. The molecule has 3 aliphatic rings. The fourth-order valence-corrected chi connectivity index (χ4v) is 8.43. The summed E-state index contributed by atoms with van der Waals surface area (Å²) in [5.41, 5.74) is 9.97. The van der Waals surface area contributed by atoms with E-state index in [1.165, 1.54) is 60.5 Å². The number of allylic oxidation sites excluding steroid dienone is 6. The van der Waals surface area contributed by atoms with E-state index in [0.717, 1.165) is 12.8 Å². The van der Waals surface area contributed by atoms with Crippen molar-refractivity contribution in [3.63, 3.8) is 0 Å². The molecule has 210 valence electrons. The Balaban J connectivity index is 1.39. The van der Waals surface area contributed by atoms with Gasteiger partial charge < -0.3 is 4.90 Å². The lowest BCUT2D eigenvalue weighted by molar-refractivity contribution is -0.828. The molecular formula is C38H43N2S+. The van der Waals surface area contributed by atoms with Crippen LogP contribution in [-0.4, -0.2) is 20.1 Å². The molecule has 3 heteroatoms. The van der Waals surface area contributed by atoms with Crippen molar-refractivity contribution in [2.75, 3.05) is 19.0 Å². The van der Waals surface area contributed by atoms with Crippen LogP contribution in [0.25, 0.3) is 0 Å². The van der Waals surface area contributed by atoms with Crippen molar-refractivity contribution in [2.24, 2.45) is 0 Å². The zero-order chi connectivity index (χ0) is 28.8. The third-order valence-corrected chi connectivity index (χ3v) is 10.8. The minimum Gasteiger partial charge on any atom is -0.347 e. The Labute approximate surface area is 251 Å². The minimum atomic E-state index is -0.0212. The lowest BCUT2D eigenvalue weighted by Crippen LogP contribution is -3.07. The van der Waals surface area contributed by atoms with E-state index in [4.69, 9.17) is 0 Å². The zero-order valence-corrected chi connectivity index (χ0v) is 26.2. The molecule has 6 rings (SSSR count). The average Bonchev–Trinajstić information content (AvgIpc) is 3.29. The normalized spacial score (nSPS) is 24.9. The van der Waals surface area contributed by atoms with Crippen molar-refractivity contribution < 1.29 is 4.90 Å². The number of rotatable bonds is 5. The van der Waals surface area contributed by atoms with E-state index in [9.17, 15) is 0 Å². The minimum absolute atomic E-state index is 0.0212. The fraction of sp³-hybridized carbons (Fsp3) is 0.316. The maximum Gasteiger partial charge on any atom is 0.135 e. The highest BCUT2D eigenvalue weighted by atomic mass is 32.2. The van der Waals surface area contributed by atoms with Crippen LogP contribution in [0.15, 0.2) is 130 Å².